The van der Waals surface area contributed by atoms with Gasteiger partial charge in [0.05, 0.1) is 6.61 Å². The Morgan fingerprint density at radius 2 is 1.68 bits per heavy atom. The van der Waals surface area contributed by atoms with Crippen molar-refractivity contribution in [3.8, 4) is 5.75 Å². The fourth-order valence-electron chi connectivity index (χ4n) is 5.77. The van der Waals surface area contributed by atoms with Gasteiger partial charge in [-0.25, -0.2) is 4.39 Å². The molecule has 1 aromatic rings. The highest BCUT2D eigenvalue weighted by atomic mass is 19.1. The number of carbonyl (C=O) groups is 2. The maximum Gasteiger partial charge on any atom is 0.223 e. The number of likely N-dealkylation sites (tertiary alicyclic amines) is 1. The third kappa shape index (κ3) is 6.71. The molecule has 1 unspecified atom stereocenters. The summed E-state index contributed by atoms with van der Waals surface area (Å²) in [6.45, 7) is 4.92. The maximum absolute atomic E-state index is 13.3. The molecule has 34 heavy (non-hydrogen) atoms. The summed E-state index contributed by atoms with van der Waals surface area (Å²) in [6.07, 6.45) is 8.77. The van der Waals surface area contributed by atoms with Gasteiger partial charge in [0.15, 0.2) is 0 Å². The van der Waals surface area contributed by atoms with E-state index in [0.29, 0.717) is 37.7 Å². The summed E-state index contributed by atoms with van der Waals surface area (Å²) in [5.41, 5.74) is -0.421. The Labute approximate surface area is 203 Å². The fraction of sp³-hybridized carbons (Fsp3) is 0.704. The minimum absolute atomic E-state index is 0.149. The quantitative estimate of drug-likeness (QED) is 0.574. The van der Waals surface area contributed by atoms with E-state index in [0.717, 1.165) is 52.0 Å². The Hall–Kier alpha value is -2.15. The average molecular weight is 474 g/mol. The highest BCUT2D eigenvalue weighted by molar-refractivity contribution is 5.78. The highest BCUT2D eigenvalue weighted by Gasteiger charge is 2.41. The highest BCUT2D eigenvalue weighted by Crippen LogP contribution is 2.36. The molecule has 0 N–H and O–H groups in total. The van der Waals surface area contributed by atoms with Crippen molar-refractivity contribution in [2.45, 2.75) is 57.8 Å². The van der Waals surface area contributed by atoms with Gasteiger partial charge in [-0.05, 0) is 56.5 Å². The summed E-state index contributed by atoms with van der Waals surface area (Å²) in [4.78, 5) is 32.6. The smallest absolute Gasteiger partial charge is 0.223 e. The van der Waals surface area contributed by atoms with E-state index in [1.807, 2.05) is 9.80 Å². The zero-order chi connectivity index (χ0) is 24.0. The standard InChI is InChI=1S/C27H40FN3O3/c1-29-15-17-30(18-16-29)26(33)19-27(21-34-24-10-8-23(28)9-11-24)13-4-14-31(20-27)25(32)12-7-22-5-2-3-6-22/h8-11,22H,2-7,12-21H2,1H3. The second-order valence-electron chi connectivity index (χ2n) is 10.7. The molecule has 2 saturated heterocycles. The normalized spacial score (nSPS) is 24.4. The van der Waals surface area contributed by atoms with Gasteiger partial charge in [-0.1, -0.05) is 25.7 Å². The van der Waals surface area contributed by atoms with Crippen LogP contribution in [-0.4, -0.2) is 79.4 Å². The molecule has 2 heterocycles. The average Bonchev–Trinajstić information content (AvgIpc) is 3.36. The van der Waals surface area contributed by atoms with Crippen molar-refractivity contribution in [1.82, 2.24) is 14.7 Å². The van der Waals surface area contributed by atoms with Crippen LogP contribution in [0.1, 0.15) is 57.8 Å². The van der Waals surface area contributed by atoms with E-state index >= 15 is 0 Å². The van der Waals surface area contributed by atoms with Crippen LogP contribution >= 0.6 is 0 Å². The predicted molar refractivity (Wildman–Crippen MR) is 130 cm³/mol. The van der Waals surface area contributed by atoms with Crippen LogP contribution in [0, 0.1) is 17.2 Å². The van der Waals surface area contributed by atoms with E-state index in [4.69, 9.17) is 4.74 Å². The number of rotatable bonds is 8. The largest absolute Gasteiger partial charge is 0.493 e. The Bertz CT molecular complexity index is 819. The lowest BCUT2D eigenvalue weighted by molar-refractivity contribution is -0.142. The van der Waals surface area contributed by atoms with Crippen LogP contribution in [0.3, 0.4) is 0 Å². The molecule has 0 radical (unpaired) electrons. The Morgan fingerprint density at radius 3 is 2.38 bits per heavy atom. The molecule has 0 aromatic heterocycles. The number of hydrogen-bond acceptors (Lipinski definition) is 4. The number of amides is 2. The van der Waals surface area contributed by atoms with E-state index in [-0.39, 0.29) is 17.6 Å². The first-order valence-corrected chi connectivity index (χ1v) is 13.0. The zero-order valence-corrected chi connectivity index (χ0v) is 20.6. The minimum atomic E-state index is -0.421. The summed E-state index contributed by atoms with van der Waals surface area (Å²) in [6, 6.07) is 6.02. The Kier molecular flexibility index (Phi) is 8.46. The van der Waals surface area contributed by atoms with Crippen molar-refractivity contribution in [3.05, 3.63) is 30.1 Å². The van der Waals surface area contributed by atoms with Crippen LogP contribution in [0.5, 0.6) is 5.75 Å². The Morgan fingerprint density at radius 1 is 0.971 bits per heavy atom. The molecule has 0 spiro atoms. The molecular weight excluding hydrogens is 433 g/mol. The number of carbonyl (C=O) groups excluding carboxylic acids is 2. The molecule has 2 amide bonds. The molecule has 1 aliphatic carbocycles. The first-order chi connectivity index (χ1) is 16.4. The molecule has 4 rings (SSSR count). The molecule has 0 bridgehead atoms. The zero-order valence-electron chi connectivity index (χ0n) is 20.6. The SMILES string of the molecule is CN1CCN(C(=O)CC2(COc3ccc(F)cc3)CCCN(C(=O)CCC3CCCC3)C2)CC1. The molecule has 7 heteroatoms. The summed E-state index contributed by atoms with van der Waals surface area (Å²) in [7, 11) is 2.08. The lowest BCUT2D eigenvalue weighted by Crippen LogP contribution is -2.53. The molecule has 188 valence electrons. The van der Waals surface area contributed by atoms with Crippen molar-refractivity contribution in [2.75, 3.05) is 52.9 Å². The second kappa shape index (κ2) is 11.5. The van der Waals surface area contributed by atoms with Gasteiger partial charge in [-0.2, -0.15) is 0 Å². The molecule has 1 atom stereocenters. The topological polar surface area (TPSA) is 53.1 Å². The fourth-order valence-corrected chi connectivity index (χ4v) is 5.77. The minimum Gasteiger partial charge on any atom is -0.493 e. The van der Waals surface area contributed by atoms with Gasteiger partial charge in [-0.15, -0.1) is 0 Å². The van der Waals surface area contributed by atoms with Gasteiger partial charge in [0.1, 0.15) is 11.6 Å². The van der Waals surface area contributed by atoms with Crippen LogP contribution in [0.15, 0.2) is 24.3 Å². The third-order valence-electron chi connectivity index (χ3n) is 8.00. The van der Waals surface area contributed by atoms with Crippen molar-refractivity contribution >= 4 is 11.8 Å². The van der Waals surface area contributed by atoms with Crippen LogP contribution in [0.2, 0.25) is 0 Å². The molecule has 6 nitrogen and oxygen atoms in total. The lowest BCUT2D eigenvalue weighted by Gasteiger charge is -2.43. The number of hydrogen-bond donors (Lipinski definition) is 0. The maximum atomic E-state index is 13.3. The summed E-state index contributed by atoms with van der Waals surface area (Å²) in [5.74, 6) is 1.35. The number of ether oxygens (including phenoxy) is 1. The summed E-state index contributed by atoms with van der Waals surface area (Å²) >= 11 is 0. The van der Waals surface area contributed by atoms with Gasteiger partial charge in [0, 0.05) is 57.5 Å². The predicted octanol–water partition coefficient (Wildman–Crippen LogP) is 3.95. The van der Waals surface area contributed by atoms with Crippen molar-refractivity contribution in [2.24, 2.45) is 11.3 Å². The molecule has 3 aliphatic rings. The first-order valence-electron chi connectivity index (χ1n) is 13.0. The summed E-state index contributed by atoms with van der Waals surface area (Å²) < 4.78 is 19.4. The summed E-state index contributed by atoms with van der Waals surface area (Å²) in [5, 5.41) is 0. The number of nitrogens with zero attached hydrogens (tertiary/aromatic N) is 3. The molecule has 3 fully saturated rings. The van der Waals surface area contributed by atoms with Crippen LogP contribution in [-0.2, 0) is 9.59 Å². The molecule has 1 aromatic carbocycles. The van der Waals surface area contributed by atoms with Gasteiger partial charge >= 0.3 is 0 Å². The number of piperazine rings is 1. The van der Waals surface area contributed by atoms with Gasteiger partial charge in [-0.3, -0.25) is 9.59 Å². The van der Waals surface area contributed by atoms with E-state index in [1.54, 1.807) is 12.1 Å². The van der Waals surface area contributed by atoms with E-state index in [9.17, 15) is 14.0 Å². The van der Waals surface area contributed by atoms with Crippen molar-refractivity contribution in [1.29, 1.82) is 0 Å². The van der Waals surface area contributed by atoms with Gasteiger partial charge < -0.3 is 19.4 Å². The van der Waals surface area contributed by atoms with Gasteiger partial charge in [0.2, 0.25) is 11.8 Å². The molecule has 2 aliphatic heterocycles. The van der Waals surface area contributed by atoms with Crippen LogP contribution in [0.25, 0.3) is 0 Å². The first kappa shape index (κ1) is 25.0. The second-order valence-corrected chi connectivity index (χ2v) is 10.7. The van der Waals surface area contributed by atoms with E-state index in [1.165, 1.54) is 37.8 Å². The molecule has 1 saturated carbocycles. The number of piperidine rings is 1. The number of halogens is 1. The van der Waals surface area contributed by atoms with Crippen molar-refractivity contribution < 1.29 is 18.7 Å². The lowest BCUT2D eigenvalue weighted by atomic mass is 9.77. The third-order valence-corrected chi connectivity index (χ3v) is 8.00. The van der Waals surface area contributed by atoms with Gasteiger partial charge in [0.25, 0.3) is 0 Å². The van der Waals surface area contributed by atoms with E-state index < -0.39 is 5.41 Å². The number of benzene rings is 1. The molecular formula is C27H40FN3O3. The Balaban J connectivity index is 1.42. The van der Waals surface area contributed by atoms with Crippen LogP contribution in [0.4, 0.5) is 4.39 Å². The van der Waals surface area contributed by atoms with Crippen LogP contribution < -0.4 is 4.74 Å². The van der Waals surface area contributed by atoms with E-state index in [2.05, 4.69) is 11.9 Å². The van der Waals surface area contributed by atoms with Crippen molar-refractivity contribution in [3.63, 3.8) is 0 Å². The monoisotopic (exact) mass is 473 g/mol. The number of likely N-dealkylation sites (N-methyl/N-ethyl adjacent to an activating group) is 1.